The van der Waals surface area contributed by atoms with Crippen molar-refractivity contribution in [1.82, 2.24) is 9.88 Å². The second kappa shape index (κ2) is 7.00. The standard InChI is InChI=1S/C24H22N2O6/c1-30-24(29)15-10-20(27)26-17(23(15)28)9-14-13-4-2-3-5-16(13)25-21(14)22(26)12-6-7-18-19(8-12)32-11-31-18/h2-8,15,17,22-23,25,28H,9-11H2,1H3/t15?,17-,22-,23?/m1/s1. The molecule has 1 fully saturated rings. The van der Waals surface area contributed by atoms with Gasteiger partial charge in [0.2, 0.25) is 12.7 Å². The van der Waals surface area contributed by atoms with Gasteiger partial charge in [-0.05, 0) is 35.7 Å². The van der Waals surface area contributed by atoms with Gasteiger partial charge < -0.3 is 29.2 Å². The normalized spacial score (nSPS) is 26.1. The number of methoxy groups -OCH3 is 1. The second-order valence-corrected chi connectivity index (χ2v) is 8.47. The fourth-order valence-corrected chi connectivity index (χ4v) is 5.39. The van der Waals surface area contributed by atoms with Gasteiger partial charge in [0.25, 0.3) is 0 Å². The third-order valence-electron chi connectivity index (χ3n) is 6.87. The molecule has 1 saturated heterocycles. The number of aromatic nitrogens is 1. The van der Waals surface area contributed by atoms with Gasteiger partial charge in [-0.25, -0.2) is 0 Å². The van der Waals surface area contributed by atoms with Crippen molar-refractivity contribution in [3.63, 3.8) is 0 Å². The van der Waals surface area contributed by atoms with E-state index >= 15 is 0 Å². The van der Waals surface area contributed by atoms with Crippen LogP contribution in [0.5, 0.6) is 11.5 Å². The lowest BCUT2D eigenvalue weighted by Crippen LogP contribution is -2.60. The SMILES string of the molecule is COC(=O)C1CC(=O)N2[C@H](c3ccc4c(c3)OCO4)c3[nH]c4ccccc4c3C[C@@H]2C1O. The van der Waals surface area contributed by atoms with Crippen LogP contribution in [-0.2, 0) is 20.7 Å². The minimum atomic E-state index is -1.03. The van der Waals surface area contributed by atoms with Gasteiger partial charge in [-0.15, -0.1) is 0 Å². The van der Waals surface area contributed by atoms with Crippen LogP contribution >= 0.6 is 0 Å². The van der Waals surface area contributed by atoms with E-state index < -0.39 is 30.1 Å². The lowest BCUT2D eigenvalue weighted by atomic mass is 9.78. The maximum Gasteiger partial charge on any atom is 0.311 e. The first kappa shape index (κ1) is 19.2. The molecule has 0 aliphatic carbocycles. The summed E-state index contributed by atoms with van der Waals surface area (Å²) in [6, 6.07) is 12.6. The fourth-order valence-electron chi connectivity index (χ4n) is 5.39. The number of H-pyrrole nitrogens is 1. The smallest absolute Gasteiger partial charge is 0.311 e. The van der Waals surface area contributed by atoms with E-state index in [9.17, 15) is 14.7 Å². The molecular weight excluding hydrogens is 412 g/mol. The summed E-state index contributed by atoms with van der Waals surface area (Å²) in [5.74, 6) is -0.344. The molecule has 32 heavy (non-hydrogen) atoms. The van der Waals surface area contributed by atoms with E-state index in [1.54, 1.807) is 4.90 Å². The number of aromatic amines is 1. The summed E-state index contributed by atoms with van der Waals surface area (Å²) in [5.41, 5.74) is 3.78. The molecule has 2 aromatic carbocycles. The van der Waals surface area contributed by atoms with Crippen LogP contribution in [-0.4, -0.2) is 52.9 Å². The Morgan fingerprint density at radius 3 is 2.81 bits per heavy atom. The number of hydrogen-bond acceptors (Lipinski definition) is 6. The zero-order chi connectivity index (χ0) is 22.0. The summed E-state index contributed by atoms with van der Waals surface area (Å²) in [5, 5.41) is 12.2. The number of rotatable bonds is 2. The Kier molecular flexibility index (Phi) is 4.19. The van der Waals surface area contributed by atoms with Crippen molar-refractivity contribution in [2.45, 2.75) is 31.0 Å². The molecule has 1 amide bonds. The van der Waals surface area contributed by atoms with Crippen LogP contribution in [0.4, 0.5) is 0 Å². The van der Waals surface area contributed by atoms with E-state index in [-0.39, 0.29) is 19.1 Å². The zero-order valence-electron chi connectivity index (χ0n) is 17.4. The minimum Gasteiger partial charge on any atom is -0.469 e. The van der Waals surface area contributed by atoms with Gasteiger partial charge in [-0.2, -0.15) is 0 Å². The van der Waals surface area contributed by atoms with Crippen molar-refractivity contribution in [2.75, 3.05) is 13.9 Å². The van der Waals surface area contributed by atoms with Gasteiger partial charge in [-0.1, -0.05) is 24.3 Å². The molecule has 8 nitrogen and oxygen atoms in total. The van der Waals surface area contributed by atoms with E-state index in [1.165, 1.54) is 7.11 Å². The maximum absolute atomic E-state index is 13.4. The van der Waals surface area contributed by atoms with E-state index in [1.807, 2.05) is 42.5 Å². The van der Waals surface area contributed by atoms with Crippen molar-refractivity contribution in [3.8, 4) is 11.5 Å². The highest BCUT2D eigenvalue weighted by molar-refractivity contribution is 5.89. The quantitative estimate of drug-likeness (QED) is 0.601. The monoisotopic (exact) mass is 434 g/mol. The Morgan fingerprint density at radius 1 is 1.16 bits per heavy atom. The van der Waals surface area contributed by atoms with E-state index in [2.05, 4.69) is 4.98 Å². The molecule has 2 N–H and O–H groups in total. The minimum absolute atomic E-state index is 0.0963. The van der Waals surface area contributed by atoms with Crippen LogP contribution in [0.1, 0.15) is 29.3 Å². The third kappa shape index (κ3) is 2.65. The summed E-state index contributed by atoms with van der Waals surface area (Å²) in [6.07, 6.45) is -0.680. The first-order chi connectivity index (χ1) is 15.6. The number of benzene rings is 2. The number of nitrogens with one attached hydrogen (secondary N) is 1. The van der Waals surface area contributed by atoms with Crippen molar-refractivity contribution in [1.29, 1.82) is 0 Å². The topological polar surface area (TPSA) is 101 Å². The molecular formula is C24H22N2O6. The lowest BCUT2D eigenvalue weighted by Gasteiger charge is -2.48. The fraction of sp³-hybridized carbons (Fsp3) is 0.333. The van der Waals surface area contributed by atoms with Crippen LogP contribution in [0.3, 0.4) is 0 Å². The Balaban J connectivity index is 1.54. The highest BCUT2D eigenvalue weighted by Gasteiger charge is 2.51. The number of amides is 1. The highest BCUT2D eigenvalue weighted by Crippen LogP contribution is 2.46. The molecule has 4 atom stereocenters. The summed E-state index contributed by atoms with van der Waals surface area (Å²) in [6.45, 7) is 0.159. The second-order valence-electron chi connectivity index (χ2n) is 8.47. The van der Waals surface area contributed by atoms with Crippen LogP contribution in [0.25, 0.3) is 10.9 Å². The van der Waals surface area contributed by atoms with Gasteiger partial charge in [0.1, 0.15) is 0 Å². The lowest BCUT2D eigenvalue weighted by molar-refractivity contribution is -0.166. The van der Waals surface area contributed by atoms with Crippen molar-refractivity contribution in [3.05, 3.63) is 59.3 Å². The Labute approximate surface area is 183 Å². The number of nitrogens with zero attached hydrogens (tertiary/aromatic N) is 1. The molecule has 3 aliphatic heterocycles. The molecule has 3 aromatic rings. The van der Waals surface area contributed by atoms with Gasteiger partial charge in [-0.3, -0.25) is 9.59 Å². The van der Waals surface area contributed by atoms with Gasteiger partial charge in [0.15, 0.2) is 11.5 Å². The number of hydrogen-bond donors (Lipinski definition) is 2. The number of aliphatic hydroxyl groups is 1. The zero-order valence-corrected chi connectivity index (χ0v) is 17.4. The number of carbonyl (C=O) groups is 2. The van der Waals surface area contributed by atoms with Gasteiger partial charge in [0, 0.05) is 23.0 Å². The molecule has 1 aromatic heterocycles. The average Bonchev–Trinajstić information content (AvgIpc) is 3.43. The summed E-state index contributed by atoms with van der Waals surface area (Å²) in [7, 11) is 1.28. The third-order valence-corrected chi connectivity index (χ3v) is 6.87. The summed E-state index contributed by atoms with van der Waals surface area (Å²) < 4.78 is 15.9. The Bertz CT molecular complexity index is 1250. The van der Waals surface area contributed by atoms with E-state index in [0.29, 0.717) is 17.9 Å². The predicted octanol–water partition coefficient (Wildman–Crippen LogP) is 2.29. The Morgan fingerprint density at radius 2 is 1.97 bits per heavy atom. The van der Waals surface area contributed by atoms with E-state index in [0.717, 1.165) is 27.7 Å². The highest BCUT2D eigenvalue weighted by atomic mass is 16.7. The largest absolute Gasteiger partial charge is 0.469 e. The average molecular weight is 434 g/mol. The summed E-state index contributed by atoms with van der Waals surface area (Å²) >= 11 is 0. The molecule has 0 bridgehead atoms. The number of aliphatic hydroxyl groups excluding tert-OH is 1. The van der Waals surface area contributed by atoms with E-state index in [4.69, 9.17) is 14.2 Å². The first-order valence-corrected chi connectivity index (χ1v) is 10.6. The number of para-hydroxylation sites is 1. The number of fused-ring (bicyclic) bond motifs is 5. The van der Waals surface area contributed by atoms with Crippen LogP contribution in [0.2, 0.25) is 0 Å². The molecule has 2 unspecified atom stereocenters. The van der Waals surface area contributed by atoms with Gasteiger partial charge >= 0.3 is 5.97 Å². The molecule has 0 radical (unpaired) electrons. The molecule has 164 valence electrons. The van der Waals surface area contributed by atoms with Crippen molar-refractivity contribution >= 4 is 22.8 Å². The van der Waals surface area contributed by atoms with Crippen LogP contribution < -0.4 is 9.47 Å². The predicted molar refractivity (Wildman–Crippen MR) is 113 cm³/mol. The van der Waals surface area contributed by atoms with Crippen molar-refractivity contribution < 1.29 is 28.9 Å². The number of carbonyl (C=O) groups excluding carboxylic acids is 2. The molecule has 0 saturated carbocycles. The van der Waals surface area contributed by atoms with Crippen molar-refractivity contribution in [2.24, 2.45) is 5.92 Å². The first-order valence-electron chi connectivity index (χ1n) is 10.6. The molecule has 3 aliphatic rings. The molecule has 0 spiro atoms. The molecule has 6 rings (SSSR count). The molecule has 8 heteroatoms. The number of esters is 1. The number of piperidine rings is 1. The van der Waals surface area contributed by atoms with Crippen LogP contribution in [0.15, 0.2) is 42.5 Å². The Hall–Kier alpha value is -3.52. The van der Waals surface area contributed by atoms with Crippen LogP contribution in [0, 0.1) is 5.92 Å². The molecule has 4 heterocycles. The summed E-state index contributed by atoms with van der Waals surface area (Å²) in [4.78, 5) is 30.9. The van der Waals surface area contributed by atoms with Gasteiger partial charge in [0.05, 0.1) is 31.2 Å². The maximum atomic E-state index is 13.4. The number of ether oxygens (including phenoxy) is 3.